The van der Waals surface area contributed by atoms with Crippen LogP contribution in [0.15, 0.2) is 0 Å². The van der Waals surface area contributed by atoms with Gasteiger partial charge in [-0.1, -0.05) is 0 Å². The van der Waals surface area contributed by atoms with Crippen molar-refractivity contribution in [3.05, 3.63) is 0 Å². The summed E-state index contributed by atoms with van der Waals surface area (Å²) in [6.45, 7) is 10.2. The second-order valence-electron chi connectivity index (χ2n) is 9.67. The van der Waals surface area contributed by atoms with E-state index in [1.807, 2.05) is 0 Å². The average Bonchev–Trinajstić information content (AvgIpc) is 3.07. The fourth-order valence-electron chi connectivity index (χ4n) is 3.09. The summed E-state index contributed by atoms with van der Waals surface area (Å²) in [5.74, 6) is 0.00767. The van der Waals surface area contributed by atoms with E-state index in [1.165, 1.54) is 0 Å². The van der Waals surface area contributed by atoms with Crippen LogP contribution in [0.5, 0.6) is 0 Å². The summed E-state index contributed by atoms with van der Waals surface area (Å²) in [6.07, 6.45) is 4.90. The molecule has 0 rings (SSSR count). The van der Waals surface area contributed by atoms with Crippen LogP contribution in [-0.4, -0.2) is 160 Å². The first-order chi connectivity index (χ1) is 23.0. The van der Waals surface area contributed by atoms with Crippen molar-refractivity contribution in [2.75, 3.05) is 138 Å². The molecule has 0 fully saturated rings. The highest BCUT2D eigenvalue weighted by Crippen LogP contribution is 2.00. The predicted molar refractivity (Wildman–Crippen MR) is 179 cm³/mol. The molecular formula is C31H68N4O12. The largest absolute Gasteiger partial charge is 0.463 e. The molecule has 10 N–H and O–H groups in total. The van der Waals surface area contributed by atoms with Crippen molar-refractivity contribution in [1.29, 1.82) is 0 Å². The molecule has 0 bridgehead atoms. The fourth-order valence-corrected chi connectivity index (χ4v) is 3.09. The highest BCUT2D eigenvalue weighted by Gasteiger charge is 2.03. The lowest BCUT2D eigenvalue weighted by atomic mass is 10.1. The number of Topliss-reactive ketones (excluding diaryl/α,β-unsaturated/α-hetero) is 1. The molecule has 284 valence electrons. The van der Waals surface area contributed by atoms with Crippen molar-refractivity contribution in [3.63, 3.8) is 0 Å². The normalized spacial score (nSPS) is 10.6. The van der Waals surface area contributed by atoms with Crippen molar-refractivity contribution in [2.24, 2.45) is 22.9 Å². The van der Waals surface area contributed by atoms with E-state index in [1.54, 1.807) is 0 Å². The average molecular weight is 689 g/mol. The van der Waals surface area contributed by atoms with Crippen molar-refractivity contribution < 1.29 is 57.7 Å². The number of esters is 1. The van der Waals surface area contributed by atoms with E-state index < -0.39 is 0 Å². The minimum absolute atomic E-state index is 0.133. The summed E-state index contributed by atoms with van der Waals surface area (Å²) in [4.78, 5) is 22.8. The maximum Gasteiger partial charge on any atom is 0.305 e. The Morgan fingerprint density at radius 1 is 0.383 bits per heavy atom. The molecule has 0 aromatic heterocycles. The quantitative estimate of drug-likeness (QED) is 0.0349. The molecular weight excluding hydrogens is 620 g/mol. The summed E-state index contributed by atoms with van der Waals surface area (Å²) < 4.78 is 41.1. The van der Waals surface area contributed by atoms with Gasteiger partial charge >= 0.3 is 5.97 Å². The van der Waals surface area contributed by atoms with E-state index in [9.17, 15) is 9.59 Å². The summed E-state index contributed by atoms with van der Waals surface area (Å²) in [5, 5.41) is 17.1. The summed E-state index contributed by atoms with van der Waals surface area (Å²) >= 11 is 0. The maximum absolute atomic E-state index is 11.5. The lowest BCUT2D eigenvalue weighted by Crippen LogP contribution is -2.14. The van der Waals surface area contributed by atoms with E-state index in [0.717, 1.165) is 12.8 Å². The minimum Gasteiger partial charge on any atom is -0.463 e. The standard InChI is InChI=1S/C14H29NO5.C13H27NO6.C4H12N2O/c15-6-11-18-8-1-4-14(17)5-2-9-19-12-13-20-10-3-7-16;14-4-8-17-6-1-3-13(16)20-12-11-19-10-9-18-7-2-5-15;5-1-3-7-4-2-6/h16H,1-13,15H2;15H,1-12,14H2;1-6H2. The Bertz CT molecular complexity index is 551. The Hall–Kier alpha value is -1.38. The molecule has 16 nitrogen and oxygen atoms in total. The van der Waals surface area contributed by atoms with Gasteiger partial charge in [0.1, 0.15) is 12.4 Å². The van der Waals surface area contributed by atoms with Crippen molar-refractivity contribution in [2.45, 2.75) is 51.4 Å². The number of carbonyl (C=O) groups excluding carboxylic acids is 2. The number of hydrogen-bond donors (Lipinski definition) is 6. The number of hydrogen-bond acceptors (Lipinski definition) is 16. The Kier molecular flexibility index (Phi) is 52.1. The van der Waals surface area contributed by atoms with Crippen molar-refractivity contribution in [3.8, 4) is 0 Å². The van der Waals surface area contributed by atoms with Crippen LogP contribution in [0.4, 0.5) is 0 Å². The zero-order valence-corrected chi connectivity index (χ0v) is 28.8. The number of nitrogens with two attached hydrogens (primary N) is 4. The molecule has 0 aromatic carbocycles. The smallest absolute Gasteiger partial charge is 0.305 e. The first-order valence-corrected chi connectivity index (χ1v) is 16.8. The highest BCUT2D eigenvalue weighted by atomic mass is 16.6. The summed E-state index contributed by atoms with van der Waals surface area (Å²) in [7, 11) is 0. The zero-order valence-electron chi connectivity index (χ0n) is 28.8. The number of carbonyl (C=O) groups is 2. The Morgan fingerprint density at radius 2 is 0.681 bits per heavy atom. The van der Waals surface area contributed by atoms with Gasteiger partial charge < -0.3 is 71.0 Å². The maximum atomic E-state index is 11.5. The van der Waals surface area contributed by atoms with E-state index in [4.69, 9.17) is 71.0 Å². The van der Waals surface area contributed by atoms with Gasteiger partial charge in [-0.05, 0) is 32.1 Å². The Labute approximate surface area is 282 Å². The predicted octanol–water partition coefficient (Wildman–Crippen LogP) is -0.872. The third-order valence-electron chi connectivity index (χ3n) is 5.34. The third kappa shape index (κ3) is 54.3. The molecule has 0 saturated heterocycles. The van der Waals surface area contributed by atoms with Crippen molar-refractivity contribution >= 4 is 11.8 Å². The molecule has 0 saturated carbocycles. The minimum atomic E-state index is -0.246. The molecule has 0 aliphatic heterocycles. The van der Waals surface area contributed by atoms with Gasteiger partial charge in [-0.2, -0.15) is 0 Å². The van der Waals surface area contributed by atoms with E-state index >= 15 is 0 Å². The number of ether oxygens (including phenoxy) is 8. The molecule has 0 atom stereocenters. The van der Waals surface area contributed by atoms with Crippen LogP contribution >= 0.6 is 0 Å². The van der Waals surface area contributed by atoms with Crippen LogP contribution < -0.4 is 22.9 Å². The topological polar surface area (TPSA) is 253 Å². The monoisotopic (exact) mass is 688 g/mol. The molecule has 0 aliphatic carbocycles. The van der Waals surface area contributed by atoms with Gasteiger partial charge in [0.15, 0.2) is 0 Å². The zero-order chi connectivity index (χ0) is 35.3. The molecule has 0 unspecified atom stereocenters. The lowest BCUT2D eigenvalue weighted by Gasteiger charge is -2.07. The molecule has 0 heterocycles. The third-order valence-corrected chi connectivity index (χ3v) is 5.34. The second-order valence-corrected chi connectivity index (χ2v) is 9.67. The van der Waals surface area contributed by atoms with Crippen LogP contribution in [0.2, 0.25) is 0 Å². The van der Waals surface area contributed by atoms with Crippen LogP contribution in [0.3, 0.4) is 0 Å². The molecule has 0 amide bonds. The van der Waals surface area contributed by atoms with Gasteiger partial charge in [-0.15, -0.1) is 0 Å². The number of ketones is 1. The van der Waals surface area contributed by atoms with Crippen molar-refractivity contribution in [1.82, 2.24) is 0 Å². The molecule has 0 aromatic rings. The molecule has 16 heteroatoms. The summed E-state index contributed by atoms with van der Waals surface area (Å²) in [6, 6.07) is 0. The van der Waals surface area contributed by atoms with Crippen LogP contribution in [-0.2, 0) is 47.5 Å². The van der Waals surface area contributed by atoms with E-state index in [-0.39, 0.29) is 31.6 Å². The highest BCUT2D eigenvalue weighted by molar-refractivity contribution is 5.78. The first kappa shape index (κ1) is 50.0. The van der Waals surface area contributed by atoms with Gasteiger partial charge in [0, 0.05) is 91.7 Å². The molecule has 0 spiro atoms. The van der Waals surface area contributed by atoms with Gasteiger partial charge in [-0.3, -0.25) is 9.59 Å². The lowest BCUT2D eigenvalue weighted by molar-refractivity contribution is -0.145. The number of rotatable bonds is 35. The summed E-state index contributed by atoms with van der Waals surface area (Å²) in [5.41, 5.74) is 20.8. The Balaban J connectivity index is -0.000000685. The first-order valence-electron chi connectivity index (χ1n) is 16.8. The van der Waals surface area contributed by atoms with Gasteiger partial charge in [0.25, 0.3) is 0 Å². The van der Waals surface area contributed by atoms with E-state index in [0.29, 0.717) is 157 Å². The fraction of sp³-hybridized carbons (Fsp3) is 0.935. The number of aliphatic hydroxyl groups excluding tert-OH is 2. The SMILES string of the molecule is NCCOCCCC(=O)CCCOCCOCCCO.NCCOCCCC(=O)OCCOCCOCCCO.NCCOCCN. The molecule has 0 radical (unpaired) electrons. The second kappa shape index (κ2) is 49.0. The van der Waals surface area contributed by atoms with Gasteiger partial charge in [0.2, 0.25) is 0 Å². The number of aliphatic hydroxyl groups is 2. The van der Waals surface area contributed by atoms with E-state index in [2.05, 4.69) is 0 Å². The Morgan fingerprint density at radius 3 is 1.06 bits per heavy atom. The molecule has 0 aliphatic rings. The van der Waals surface area contributed by atoms with Crippen LogP contribution in [0.1, 0.15) is 51.4 Å². The van der Waals surface area contributed by atoms with Crippen LogP contribution in [0, 0.1) is 0 Å². The van der Waals surface area contributed by atoms with Gasteiger partial charge in [-0.25, -0.2) is 0 Å². The van der Waals surface area contributed by atoms with Gasteiger partial charge in [0.05, 0.1) is 59.5 Å². The van der Waals surface area contributed by atoms with Crippen LogP contribution in [0.25, 0.3) is 0 Å². The molecule has 47 heavy (non-hydrogen) atoms.